The molecule has 1 rings (SSSR count). The van der Waals surface area contributed by atoms with Crippen LogP contribution in [0.2, 0.25) is 0 Å². The van der Waals surface area contributed by atoms with Crippen molar-refractivity contribution in [3.05, 3.63) is 29.8 Å². The van der Waals surface area contributed by atoms with Crippen LogP contribution in [0.3, 0.4) is 0 Å². The number of benzene rings is 1. The van der Waals surface area contributed by atoms with E-state index in [1.807, 2.05) is 45.3 Å². The number of rotatable bonds is 2. The maximum absolute atomic E-state index is 11.4. The molecule has 0 N–H and O–H groups in total. The third kappa shape index (κ3) is 2.33. The van der Waals surface area contributed by atoms with E-state index in [2.05, 4.69) is 0 Å². The maximum atomic E-state index is 11.4. The number of aryl methyl sites for hydroxylation is 1. The van der Waals surface area contributed by atoms with E-state index in [-0.39, 0.29) is 5.91 Å². The summed E-state index contributed by atoms with van der Waals surface area (Å²) in [7, 11) is 3.70. The molecule has 76 valence electrons. The van der Waals surface area contributed by atoms with Gasteiger partial charge in [-0.3, -0.25) is 4.79 Å². The van der Waals surface area contributed by atoms with E-state index in [1.165, 1.54) is 5.56 Å². The highest BCUT2D eigenvalue weighted by Crippen LogP contribution is 2.15. The molecule has 0 spiro atoms. The minimum absolute atomic E-state index is 0.0128. The molecule has 3 heteroatoms. The Morgan fingerprint density at radius 1 is 1.14 bits per heavy atom. The second-order valence-electron chi connectivity index (χ2n) is 3.51. The molecule has 0 aliphatic carbocycles. The van der Waals surface area contributed by atoms with E-state index >= 15 is 0 Å². The van der Waals surface area contributed by atoms with Gasteiger partial charge in [-0.05, 0) is 19.1 Å². The van der Waals surface area contributed by atoms with Crippen LogP contribution < -0.4 is 5.01 Å². The number of hydrazine groups is 1. The van der Waals surface area contributed by atoms with Crippen LogP contribution in [0.4, 0.5) is 5.69 Å². The standard InChI is InChI=1S/C11H16N2O/c1-9-5-7-11(8-6-9)13(10(2)14)12(3)4/h5-8H,1-4H3. The summed E-state index contributed by atoms with van der Waals surface area (Å²) in [5.41, 5.74) is 2.09. The lowest BCUT2D eigenvalue weighted by Crippen LogP contribution is -2.40. The molecule has 1 amide bonds. The van der Waals surface area contributed by atoms with Gasteiger partial charge < -0.3 is 0 Å². The van der Waals surface area contributed by atoms with Crippen molar-refractivity contribution in [3.63, 3.8) is 0 Å². The molecule has 0 aliphatic rings. The zero-order valence-corrected chi connectivity index (χ0v) is 9.11. The van der Waals surface area contributed by atoms with Gasteiger partial charge in [0, 0.05) is 21.0 Å². The highest BCUT2D eigenvalue weighted by Gasteiger charge is 2.12. The van der Waals surface area contributed by atoms with E-state index < -0.39 is 0 Å². The zero-order chi connectivity index (χ0) is 10.7. The molecule has 1 aromatic rings. The normalized spacial score (nSPS) is 10.4. The van der Waals surface area contributed by atoms with Crippen LogP contribution in [0.5, 0.6) is 0 Å². The van der Waals surface area contributed by atoms with E-state index in [0.717, 1.165) is 5.69 Å². The highest BCUT2D eigenvalue weighted by molar-refractivity contribution is 5.90. The van der Waals surface area contributed by atoms with E-state index in [4.69, 9.17) is 0 Å². The van der Waals surface area contributed by atoms with Gasteiger partial charge in [-0.2, -0.15) is 0 Å². The molecule has 1 aromatic carbocycles. The van der Waals surface area contributed by atoms with Crippen LogP contribution in [0, 0.1) is 6.92 Å². The average Bonchev–Trinajstić information content (AvgIpc) is 2.07. The molecule has 0 aliphatic heterocycles. The molecule has 14 heavy (non-hydrogen) atoms. The maximum Gasteiger partial charge on any atom is 0.238 e. The van der Waals surface area contributed by atoms with Crippen LogP contribution in [0.25, 0.3) is 0 Å². The molecule has 0 atom stereocenters. The third-order valence-corrected chi connectivity index (χ3v) is 1.98. The topological polar surface area (TPSA) is 23.6 Å². The summed E-state index contributed by atoms with van der Waals surface area (Å²) in [5.74, 6) is 0.0128. The Morgan fingerprint density at radius 3 is 2.00 bits per heavy atom. The van der Waals surface area contributed by atoms with Crippen LogP contribution in [-0.4, -0.2) is 25.0 Å². The largest absolute Gasteiger partial charge is 0.273 e. The lowest BCUT2D eigenvalue weighted by Gasteiger charge is -2.27. The van der Waals surface area contributed by atoms with Crippen molar-refractivity contribution in [2.24, 2.45) is 0 Å². The Kier molecular flexibility index (Phi) is 3.25. The van der Waals surface area contributed by atoms with Crippen LogP contribution in [-0.2, 0) is 4.79 Å². The van der Waals surface area contributed by atoms with Crippen molar-refractivity contribution in [2.75, 3.05) is 19.1 Å². The fraction of sp³-hybridized carbons (Fsp3) is 0.364. The van der Waals surface area contributed by atoms with Gasteiger partial charge in [0.1, 0.15) is 0 Å². The molecule has 0 unspecified atom stereocenters. The van der Waals surface area contributed by atoms with Crippen molar-refractivity contribution < 1.29 is 4.79 Å². The molecule has 3 nitrogen and oxygen atoms in total. The average molecular weight is 192 g/mol. The van der Waals surface area contributed by atoms with Gasteiger partial charge in [0.05, 0.1) is 5.69 Å². The predicted octanol–water partition coefficient (Wildman–Crippen LogP) is 1.82. The van der Waals surface area contributed by atoms with Gasteiger partial charge in [-0.25, -0.2) is 10.0 Å². The van der Waals surface area contributed by atoms with Crippen molar-refractivity contribution >= 4 is 11.6 Å². The summed E-state index contributed by atoms with van der Waals surface area (Å²) in [5, 5.41) is 3.40. The van der Waals surface area contributed by atoms with Crippen LogP contribution in [0.15, 0.2) is 24.3 Å². The summed E-state index contributed by atoms with van der Waals surface area (Å²) in [4.78, 5) is 11.4. The molecule has 0 fully saturated rings. The lowest BCUT2D eigenvalue weighted by atomic mass is 10.2. The first-order chi connectivity index (χ1) is 6.52. The van der Waals surface area contributed by atoms with Gasteiger partial charge in [-0.15, -0.1) is 0 Å². The van der Waals surface area contributed by atoms with Gasteiger partial charge in [0.25, 0.3) is 0 Å². The fourth-order valence-electron chi connectivity index (χ4n) is 1.38. The summed E-state index contributed by atoms with van der Waals surface area (Å²) < 4.78 is 0. The first-order valence-electron chi connectivity index (χ1n) is 4.57. The zero-order valence-electron chi connectivity index (χ0n) is 9.11. The minimum atomic E-state index is 0.0128. The number of carbonyl (C=O) groups is 1. The van der Waals surface area contributed by atoms with E-state index in [1.54, 1.807) is 16.9 Å². The SMILES string of the molecule is CC(=O)N(c1ccc(C)cc1)N(C)C. The first kappa shape index (κ1) is 10.7. The second-order valence-corrected chi connectivity index (χ2v) is 3.51. The predicted molar refractivity (Wildman–Crippen MR) is 58.0 cm³/mol. The minimum Gasteiger partial charge on any atom is -0.273 e. The van der Waals surface area contributed by atoms with Crippen LogP contribution >= 0.6 is 0 Å². The molecule has 0 saturated carbocycles. The van der Waals surface area contributed by atoms with E-state index in [9.17, 15) is 4.79 Å². The van der Waals surface area contributed by atoms with Gasteiger partial charge in [0.15, 0.2) is 0 Å². The number of anilines is 1. The van der Waals surface area contributed by atoms with Gasteiger partial charge in [-0.1, -0.05) is 17.7 Å². The molecule has 0 aromatic heterocycles. The Bertz CT molecular complexity index is 317. The molecule has 0 radical (unpaired) electrons. The van der Waals surface area contributed by atoms with E-state index in [0.29, 0.717) is 0 Å². The Labute approximate surface area is 84.9 Å². The summed E-state index contributed by atoms with van der Waals surface area (Å²) >= 11 is 0. The summed E-state index contributed by atoms with van der Waals surface area (Å²) in [6, 6.07) is 7.87. The van der Waals surface area contributed by atoms with Crippen molar-refractivity contribution in [2.45, 2.75) is 13.8 Å². The number of hydrogen-bond donors (Lipinski definition) is 0. The Balaban J connectivity index is 3.00. The van der Waals surface area contributed by atoms with Crippen molar-refractivity contribution in [1.29, 1.82) is 0 Å². The highest BCUT2D eigenvalue weighted by atomic mass is 16.2. The Hall–Kier alpha value is -1.35. The number of nitrogens with zero attached hydrogens (tertiary/aromatic N) is 2. The Morgan fingerprint density at radius 2 is 1.64 bits per heavy atom. The summed E-state index contributed by atoms with van der Waals surface area (Å²) in [6.07, 6.45) is 0. The summed E-state index contributed by atoms with van der Waals surface area (Å²) in [6.45, 7) is 3.58. The first-order valence-corrected chi connectivity index (χ1v) is 4.57. The number of amides is 1. The smallest absolute Gasteiger partial charge is 0.238 e. The monoisotopic (exact) mass is 192 g/mol. The third-order valence-electron chi connectivity index (χ3n) is 1.98. The van der Waals surface area contributed by atoms with Crippen molar-refractivity contribution in [1.82, 2.24) is 5.01 Å². The molecule has 0 saturated heterocycles. The molecular formula is C11H16N2O. The second kappa shape index (κ2) is 4.24. The molecule has 0 bridgehead atoms. The van der Waals surface area contributed by atoms with Crippen LogP contribution in [0.1, 0.15) is 12.5 Å². The van der Waals surface area contributed by atoms with Crippen molar-refractivity contribution in [3.8, 4) is 0 Å². The number of carbonyl (C=O) groups excluding carboxylic acids is 1. The quantitative estimate of drug-likeness (QED) is 0.667. The van der Waals surface area contributed by atoms with Gasteiger partial charge in [0.2, 0.25) is 5.91 Å². The number of hydrogen-bond acceptors (Lipinski definition) is 2. The van der Waals surface area contributed by atoms with Gasteiger partial charge >= 0.3 is 0 Å². The molecular weight excluding hydrogens is 176 g/mol. The molecule has 0 heterocycles. The fourth-order valence-corrected chi connectivity index (χ4v) is 1.38. The lowest BCUT2D eigenvalue weighted by molar-refractivity contribution is -0.118.